The van der Waals surface area contributed by atoms with Crippen molar-refractivity contribution in [2.75, 3.05) is 57.4 Å². The van der Waals surface area contributed by atoms with Gasteiger partial charge in [0.25, 0.3) is 0 Å². The number of rotatable bonds is 7. The van der Waals surface area contributed by atoms with Gasteiger partial charge in [-0.2, -0.15) is 15.2 Å². The molecule has 1 aliphatic carbocycles. The van der Waals surface area contributed by atoms with Gasteiger partial charge in [0.05, 0.1) is 31.5 Å². The smallest absolute Gasteiger partial charge is 0.319 e. The number of piperazine rings is 1. The number of hydrogen-bond acceptors (Lipinski definition) is 9. The SMILES string of the molecule is N#Cc1cc2c(N3CC4CCC(C3)N4)nc(OCC3(CN4C[C@H]5COC[C@H]5C4)CC3)nc2c(F)c1-c1cc(O)cc2ccc(F)c(F)c12. The number of nitrogens with one attached hydrogen (secondary N) is 1. The van der Waals surface area contributed by atoms with Gasteiger partial charge in [-0.1, -0.05) is 6.07 Å². The number of phenols is 1. The quantitative estimate of drug-likeness (QED) is 0.280. The molecule has 4 atom stereocenters. The summed E-state index contributed by atoms with van der Waals surface area (Å²) >= 11 is 0. The first-order valence-corrected chi connectivity index (χ1v) is 16.8. The first-order chi connectivity index (χ1) is 23.3. The number of anilines is 1. The van der Waals surface area contributed by atoms with Gasteiger partial charge in [-0.3, -0.25) is 0 Å². The lowest BCUT2D eigenvalue weighted by atomic mass is 9.92. The Kier molecular flexibility index (Phi) is 6.97. The molecule has 5 aliphatic rings. The molecule has 4 aliphatic heterocycles. The fraction of sp³-hybridized carbons (Fsp3) is 0.472. The van der Waals surface area contributed by atoms with Crippen molar-refractivity contribution in [1.29, 1.82) is 5.26 Å². The maximum Gasteiger partial charge on any atom is 0.319 e. The van der Waals surface area contributed by atoms with Crippen molar-refractivity contribution in [2.24, 2.45) is 17.3 Å². The number of hydrogen-bond donors (Lipinski definition) is 2. The minimum Gasteiger partial charge on any atom is -0.508 e. The second-order valence-corrected chi connectivity index (χ2v) is 14.5. The number of likely N-dealkylation sites (tertiary alicyclic amines) is 1. The van der Waals surface area contributed by atoms with Crippen LogP contribution in [0.5, 0.6) is 11.8 Å². The minimum absolute atomic E-state index is 0.0252. The Balaban J connectivity index is 1.14. The fourth-order valence-electron chi connectivity index (χ4n) is 8.53. The molecule has 5 heterocycles. The lowest BCUT2D eigenvalue weighted by Gasteiger charge is -2.34. The van der Waals surface area contributed by atoms with Crippen LogP contribution in [0.25, 0.3) is 32.8 Å². The van der Waals surface area contributed by atoms with E-state index in [-0.39, 0.29) is 62.2 Å². The van der Waals surface area contributed by atoms with E-state index in [9.17, 15) is 14.8 Å². The maximum absolute atomic E-state index is 17.0. The lowest BCUT2D eigenvalue weighted by Crippen LogP contribution is -2.51. The van der Waals surface area contributed by atoms with Gasteiger partial charge >= 0.3 is 6.01 Å². The van der Waals surface area contributed by atoms with Crippen molar-refractivity contribution in [3.8, 4) is 29.0 Å². The van der Waals surface area contributed by atoms with Crippen molar-refractivity contribution in [2.45, 2.75) is 37.8 Å². The van der Waals surface area contributed by atoms with E-state index in [1.165, 1.54) is 18.2 Å². The zero-order valence-corrected chi connectivity index (χ0v) is 26.3. The summed E-state index contributed by atoms with van der Waals surface area (Å²) in [5.41, 5.74) is -0.625. The number of benzene rings is 3. The molecule has 0 radical (unpaired) electrons. The van der Waals surface area contributed by atoms with E-state index in [2.05, 4.69) is 26.2 Å². The van der Waals surface area contributed by atoms with Crippen LogP contribution >= 0.6 is 0 Å². The lowest BCUT2D eigenvalue weighted by molar-refractivity contribution is 0.131. The van der Waals surface area contributed by atoms with Gasteiger partial charge in [-0.05, 0) is 55.3 Å². The van der Waals surface area contributed by atoms with Crippen LogP contribution in [0, 0.1) is 46.0 Å². The summed E-state index contributed by atoms with van der Waals surface area (Å²) in [5, 5.41) is 24.7. The number of halogens is 3. The number of aromatic hydroxyl groups is 1. The monoisotopic (exact) mass is 656 g/mol. The normalized spacial score (nSPS) is 25.9. The predicted octanol–water partition coefficient (Wildman–Crippen LogP) is 5.12. The Morgan fingerprint density at radius 2 is 1.75 bits per heavy atom. The molecular weight excluding hydrogens is 621 g/mol. The average molecular weight is 657 g/mol. The van der Waals surface area contributed by atoms with Gasteiger partial charge < -0.3 is 29.7 Å². The van der Waals surface area contributed by atoms with Crippen molar-refractivity contribution in [1.82, 2.24) is 20.2 Å². The van der Waals surface area contributed by atoms with Crippen LogP contribution in [0.2, 0.25) is 0 Å². The van der Waals surface area contributed by atoms with Crippen LogP contribution in [0.15, 0.2) is 30.3 Å². The molecule has 12 heteroatoms. The second kappa shape index (κ2) is 11.2. The summed E-state index contributed by atoms with van der Waals surface area (Å²) < 4.78 is 58.8. The van der Waals surface area contributed by atoms with E-state index < -0.39 is 17.5 Å². The standard InChI is InChI=1S/C36H35F3N6O3/c37-28-4-1-19-7-25(46)9-26(29(19)31(28)38)30-20(10-40)8-27-33(32(30)39)42-35(43-34(27)45-13-23-2-3-24(14-45)41-23)48-18-36(5-6-36)17-44-11-21-15-47-16-22(21)12-44/h1,4,7-9,21-24,41,46H,2-3,5-6,11-18H2/t21-,22+,23?,24?. The molecule has 2 unspecified atom stereocenters. The Hall–Kier alpha value is -4.18. The van der Waals surface area contributed by atoms with E-state index >= 15 is 8.78 Å². The van der Waals surface area contributed by atoms with Crippen LogP contribution in [0.1, 0.15) is 31.2 Å². The molecule has 0 amide bonds. The number of nitrogens with zero attached hydrogens (tertiary/aromatic N) is 5. The number of fused-ring (bicyclic) bond motifs is 5. The molecule has 248 valence electrons. The highest BCUT2D eigenvalue weighted by Gasteiger charge is 2.48. The summed E-state index contributed by atoms with van der Waals surface area (Å²) in [6.45, 7) is 6.31. The highest BCUT2D eigenvalue weighted by atomic mass is 19.2. The molecule has 1 saturated carbocycles. The number of aromatic nitrogens is 2. The van der Waals surface area contributed by atoms with E-state index in [0.29, 0.717) is 42.7 Å². The van der Waals surface area contributed by atoms with Crippen LogP contribution in [-0.2, 0) is 4.74 Å². The molecular formula is C36H35F3N6O3. The van der Waals surface area contributed by atoms with Crippen LogP contribution in [0.4, 0.5) is 19.0 Å². The van der Waals surface area contributed by atoms with Crippen LogP contribution < -0.4 is 15.0 Å². The summed E-state index contributed by atoms with van der Waals surface area (Å²) in [5.74, 6) is -1.83. The van der Waals surface area contributed by atoms with Gasteiger partial charge in [0.2, 0.25) is 0 Å². The van der Waals surface area contributed by atoms with Crippen molar-refractivity contribution in [3.05, 3.63) is 53.3 Å². The number of phenolic OH excluding ortho intramolecular Hbond substituents is 1. The zero-order valence-electron chi connectivity index (χ0n) is 26.3. The fourth-order valence-corrected chi connectivity index (χ4v) is 8.53. The molecule has 2 bridgehead atoms. The number of ether oxygens (including phenoxy) is 2. The van der Waals surface area contributed by atoms with Crippen LogP contribution in [0.3, 0.4) is 0 Å². The third kappa shape index (κ3) is 5.02. The number of nitriles is 1. The molecule has 4 aromatic rings. The summed E-state index contributed by atoms with van der Waals surface area (Å²) in [6, 6.07) is 8.80. The highest BCUT2D eigenvalue weighted by Crippen LogP contribution is 2.48. The van der Waals surface area contributed by atoms with Gasteiger partial charge in [0, 0.05) is 84.0 Å². The Morgan fingerprint density at radius 3 is 2.46 bits per heavy atom. The molecule has 1 aromatic heterocycles. The van der Waals surface area contributed by atoms with Crippen molar-refractivity contribution < 1.29 is 27.8 Å². The predicted molar refractivity (Wildman–Crippen MR) is 172 cm³/mol. The molecule has 9 nitrogen and oxygen atoms in total. The molecule has 4 saturated heterocycles. The molecule has 48 heavy (non-hydrogen) atoms. The maximum atomic E-state index is 17.0. The van der Waals surface area contributed by atoms with E-state index in [0.717, 1.165) is 70.7 Å². The van der Waals surface area contributed by atoms with Crippen molar-refractivity contribution >= 4 is 27.5 Å². The zero-order chi connectivity index (χ0) is 32.7. The highest BCUT2D eigenvalue weighted by molar-refractivity contribution is 6.03. The third-order valence-corrected chi connectivity index (χ3v) is 11.1. The summed E-state index contributed by atoms with van der Waals surface area (Å²) in [4.78, 5) is 14.0. The second-order valence-electron chi connectivity index (χ2n) is 14.5. The van der Waals surface area contributed by atoms with Crippen molar-refractivity contribution in [3.63, 3.8) is 0 Å². The van der Waals surface area contributed by atoms with Gasteiger partial charge in [0.1, 0.15) is 17.1 Å². The molecule has 5 fully saturated rings. The summed E-state index contributed by atoms with van der Waals surface area (Å²) in [6.07, 6.45) is 4.09. The largest absolute Gasteiger partial charge is 0.508 e. The average Bonchev–Trinajstić information content (AvgIpc) is 3.32. The van der Waals surface area contributed by atoms with Gasteiger partial charge in [-0.25, -0.2) is 13.2 Å². The topological polar surface area (TPSA) is 107 Å². The molecule has 2 N–H and O–H groups in total. The Labute approximate surface area is 275 Å². The minimum atomic E-state index is -1.20. The summed E-state index contributed by atoms with van der Waals surface area (Å²) in [7, 11) is 0. The van der Waals surface area contributed by atoms with E-state index in [1.807, 2.05) is 0 Å². The Morgan fingerprint density at radius 1 is 1.00 bits per heavy atom. The molecule has 3 aromatic carbocycles. The van der Waals surface area contributed by atoms with E-state index in [4.69, 9.17) is 14.5 Å². The first kappa shape index (κ1) is 29.9. The Bertz CT molecular complexity index is 1990. The van der Waals surface area contributed by atoms with E-state index in [1.54, 1.807) is 0 Å². The van der Waals surface area contributed by atoms with Gasteiger partial charge in [-0.15, -0.1) is 0 Å². The van der Waals surface area contributed by atoms with Crippen LogP contribution in [-0.4, -0.2) is 84.6 Å². The van der Waals surface area contributed by atoms with Gasteiger partial charge in [0.15, 0.2) is 17.5 Å². The molecule has 0 spiro atoms. The molecule has 9 rings (SSSR count). The first-order valence-electron chi connectivity index (χ1n) is 16.8. The third-order valence-electron chi connectivity index (χ3n) is 11.1.